The first-order valence-electron chi connectivity index (χ1n) is 8.80. The van der Waals surface area contributed by atoms with Crippen LogP contribution in [0.4, 0.5) is 10.5 Å². The van der Waals surface area contributed by atoms with E-state index in [1.54, 1.807) is 0 Å². The van der Waals surface area contributed by atoms with Gasteiger partial charge in [0.1, 0.15) is 5.60 Å². The average Bonchev–Trinajstić information content (AvgIpc) is 2.82. The van der Waals surface area contributed by atoms with E-state index in [0.717, 1.165) is 26.1 Å². The summed E-state index contributed by atoms with van der Waals surface area (Å²) in [6, 6.07) is 7.28. The monoisotopic (exact) mass is 314 g/mol. The molecule has 2 atom stereocenters. The number of hydrogen-bond donors (Lipinski definition) is 0. The summed E-state index contributed by atoms with van der Waals surface area (Å²) in [4.78, 5) is 17.0. The minimum atomic E-state index is -0.427. The Labute approximate surface area is 138 Å². The van der Waals surface area contributed by atoms with Crippen molar-refractivity contribution in [3.8, 4) is 0 Å². The molecule has 4 heteroatoms. The molecule has 1 aromatic rings. The third-order valence-electron chi connectivity index (χ3n) is 5.31. The van der Waals surface area contributed by atoms with Gasteiger partial charge in [0.05, 0.1) is 0 Å². The van der Waals surface area contributed by atoms with Gasteiger partial charge in [-0.2, -0.15) is 0 Å². The Kier molecular flexibility index (Phi) is 3.33. The van der Waals surface area contributed by atoms with Crippen LogP contribution in [-0.4, -0.2) is 42.3 Å². The van der Waals surface area contributed by atoms with Crippen LogP contribution >= 0.6 is 0 Å². The molecule has 3 heterocycles. The fourth-order valence-electron chi connectivity index (χ4n) is 4.46. The van der Waals surface area contributed by atoms with Gasteiger partial charge in [-0.3, -0.25) is 0 Å². The van der Waals surface area contributed by atoms with Crippen molar-refractivity contribution < 1.29 is 9.53 Å². The molecule has 0 saturated carbocycles. The molecule has 0 bridgehead atoms. The van der Waals surface area contributed by atoms with Crippen molar-refractivity contribution in [1.29, 1.82) is 0 Å². The number of piperidine rings is 1. The zero-order valence-corrected chi connectivity index (χ0v) is 14.3. The van der Waals surface area contributed by atoms with Gasteiger partial charge in [0.25, 0.3) is 0 Å². The van der Waals surface area contributed by atoms with Crippen molar-refractivity contribution in [3.63, 3.8) is 0 Å². The number of rotatable bonds is 0. The second-order valence-electron chi connectivity index (χ2n) is 8.04. The lowest BCUT2D eigenvalue weighted by Crippen LogP contribution is -2.49. The van der Waals surface area contributed by atoms with Gasteiger partial charge >= 0.3 is 6.09 Å². The summed E-state index contributed by atoms with van der Waals surface area (Å²) in [5.74, 6) is 0.435. The van der Waals surface area contributed by atoms with Gasteiger partial charge in [0.2, 0.25) is 0 Å². The molecule has 2 unspecified atom stereocenters. The summed E-state index contributed by atoms with van der Waals surface area (Å²) >= 11 is 0. The predicted octanol–water partition coefficient (Wildman–Crippen LogP) is 3.55. The summed E-state index contributed by atoms with van der Waals surface area (Å²) in [6.07, 6.45) is 3.31. The number of carbonyl (C=O) groups excluding carboxylic acids is 1. The molecule has 3 aliphatic heterocycles. The molecule has 0 aliphatic carbocycles. The molecule has 1 saturated heterocycles. The van der Waals surface area contributed by atoms with Crippen molar-refractivity contribution in [2.75, 3.05) is 24.5 Å². The van der Waals surface area contributed by atoms with Crippen LogP contribution in [0.3, 0.4) is 0 Å². The Morgan fingerprint density at radius 2 is 2.09 bits per heavy atom. The first-order chi connectivity index (χ1) is 10.9. The Bertz CT molecular complexity index is 635. The largest absolute Gasteiger partial charge is 0.444 e. The first-order valence-corrected chi connectivity index (χ1v) is 8.80. The van der Waals surface area contributed by atoms with Gasteiger partial charge in [0.15, 0.2) is 0 Å². The number of anilines is 1. The van der Waals surface area contributed by atoms with E-state index in [9.17, 15) is 4.79 Å². The van der Waals surface area contributed by atoms with Crippen LogP contribution in [0.2, 0.25) is 0 Å². The molecule has 1 fully saturated rings. The zero-order valence-electron chi connectivity index (χ0n) is 14.3. The van der Waals surface area contributed by atoms with Gasteiger partial charge in [0, 0.05) is 37.3 Å². The number of fused-ring (bicyclic) bond motifs is 3. The van der Waals surface area contributed by atoms with Crippen LogP contribution in [0.15, 0.2) is 18.2 Å². The lowest BCUT2D eigenvalue weighted by molar-refractivity contribution is 0.0189. The number of amides is 1. The van der Waals surface area contributed by atoms with Crippen molar-refractivity contribution in [2.45, 2.75) is 57.6 Å². The number of para-hydroxylation sites is 1. The lowest BCUT2D eigenvalue weighted by Gasteiger charge is -2.40. The summed E-state index contributed by atoms with van der Waals surface area (Å²) < 4.78 is 5.58. The number of hydrogen-bond acceptors (Lipinski definition) is 3. The van der Waals surface area contributed by atoms with E-state index in [1.807, 2.05) is 25.7 Å². The highest BCUT2D eigenvalue weighted by atomic mass is 16.6. The van der Waals surface area contributed by atoms with Crippen molar-refractivity contribution >= 4 is 11.8 Å². The van der Waals surface area contributed by atoms with E-state index in [1.165, 1.54) is 29.7 Å². The van der Waals surface area contributed by atoms with Gasteiger partial charge < -0.3 is 14.5 Å². The molecular weight excluding hydrogens is 288 g/mol. The van der Waals surface area contributed by atoms with Gasteiger partial charge in [-0.25, -0.2) is 4.79 Å². The van der Waals surface area contributed by atoms with E-state index < -0.39 is 5.60 Å². The fraction of sp³-hybridized carbons (Fsp3) is 0.632. The Balaban J connectivity index is 1.59. The molecule has 124 valence electrons. The van der Waals surface area contributed by atoms with Crippen LogP contribution in [0.1, 0.15) is 50.7 Å². The molecular formula is C19H26N2O2. The minimum absolute atomic E-state index is 0.165. The zero-order chi connectivity index (χ0) is 16.2. The molecule has 23 heavy (non-hydrogen) atoms. The summed E-state index contributed by atoms with van der Waals surface area (Å²) in [5, 5.41) is 0. The van der Waals surface area contributed by atoms with Crippen molar-refractivity contribution in [1.82, 2.24) is 4.90 Å². The number of ether oxygens (including phenoxy) is 1. The highest BCUT2D eigenvalue weighted by molar-refractivity contribution is 5.71. The molecule has 0 aromatic heterocycles. The highest BCUT2D eigenvalue weighted by Crippen LogP contribution is 2.48. The predicted molar refractivity (Wildman–Crippen MR) is 91.1 cm³/mol. The van der Waals surface area contributed by atoms with E-state index in [2.05, 4.69) is 23.1 Å². The number of nitrogens with zero attached hydrogens (tertiary/aromatic N) is 2. The van der Waals surface area contributed by atoms with Crippen LogP contribution in [0, 0.1) is 0 Å². The van der Waals surface area contributed by atoms with Gasteiger partial charge in [-0.05, 0) is 51.2 Å². The molecule has 1 aromatic carbocycles. The number of likely N-dealkylation sites (tertiary alicyclic amines) is 1. The van der Waals surface area contributed by atoms with Gasteiger partial charge in [-0.1, -0.05) is 18.2 Å². The number of aryl methyl sites for hydroxylation is 1. The standard InChI is InChI=1S/C19H26N2O2/c1-19(2,3)23-18(22)20-11-9-16-15(12-20)14-8-4-6-13-7-5-10-21(16)17(13)14/h4,6,8,15-16H,5,7,9-12H2,1-3H3. The van der Waals surface area contributed by atoms with Crippen LogP contribution in [0.25, 0.3) is 0 Å². The van der Waals surface area contributed by atoms with Crippen LogP contribution < -0.4 is 4.90 Å². The third-order valence-corrected chi connectivity index (χ3v) is 5.31. The van der Waals surface area contributed by atoms with E-state index in [-0.39, 0.29) is 6.09 Å². The molecule has 4 rings (SSSR count). The van der Waals surface area contributed by atoms with Crippen molar-refractivity contribution in [2.24, 2.45) is 0 Å². The quantitative estimate of drug-likeness (QED) is 0.734. The first kappa shape index (κ1) is 14.9. The minimum Gasteiger partial charge on any atom is -0.444 e. The Morgan fingerprint density at radius 1 is 1.26 bits per heavy atom. The number of benzene rings is 1. The molecule has 4 nitrogen and oxygen atoms in total. The smallest absolute Gasteiger partial charge is 0.410 e. The summed E-state index contributed by atoms with van der Waals surface area (Å²) in [7, 11) is 0. The summed E-state index contributed by atoms with van der Waals surface area (Å²) in [6.45, 7) is 8.54. The number of carbonyl (C=O) groups is 1. The second-order valence-corrected chi connectivity index (χ2v) is 8.04. The van der Waals surface area contributed by atoms with Crippen molar-refractivity contribution in [3.05, 3.63) is 29.3 Å². The van der Waals surface area contributed by atoms with E-state index in [4.69, 9.17) is 4.74 Å². The topological polar surface area (TPSA) is 32.8 Å². The normalized spacial score (nSPS) is 25.9. The second kappa shape index (κ2) is 5.15. The van der Waals surface area contributed by atoms with Crippen LogP contribution in [0.5, 0.6) is 0 Å². The fourth-order valence-corrected chi connectivity index (χ4v) is 4.46. The molecule has 1 amide bonds. The van der Waals surface area contributed by atoms with Crippen LogP contribution in [-0.2, 0) is 11.2 Å². The Hall–Kier alpha value is -1.71. The van der Waals surface area contributed by atoms with Gasteiger partial charge in [-0.15, -0.1) is 0 Å². The summed E-state index contributed by atoms with van der Waals surface area (Å²) in [5.41, 5.74) is 3.98. The maximum Gasteiger partial charge on any atom is 0.410 e. The SMILES string of the molecule is CC(C)(C)OC(=O)N1CCC2C(C1)c1cccc3c1N2CCC3. The highest BCUT2D eigenvalue weighted by Gasteiger charge is 2.44. The Morgan fingerprint density at radius 3 is 2.87 bits per heavy atom. The maximum atomic E-state index is 12.4. The molecule has 0 radical (unpaired) electrons. The van der Waals surface area contributed by atoms with E-state index >= 15 is 0 Å². The molecule has 0 N–H and O–H groups in total. The maximum absolute atomic E-state index is 12.4. The average molecular weight is 314 g/mol. The lowest BCUT2D eigenvalue weighted by atomic mass is 9.89. The molecule has 3 aliphatic rings. The van der Waals surface area contributed by atoms with E-state index in [0.29, 0.717) is 12.0 Å². The third kappa shape index (κ3) is 2.48. The molecule has 0 spiro atoms.